The maximum Gasteiger partial charge on any atom is 0.164 e. The Bertz CT molecular complexity index is 2360. The summed E-state index contributed by atoms with van der Waals surface area (Å²) in [7, 11) is 1.70. The van der Waals surface area contributed by atoms with Crippen LogP contribution in [0.25, 0.3) is 78.3 Å². The zero-order valence-electron chi connectivity index (χ0n) is 26.4. The van der Waals surface area contributed by atoms with Crippen molar-refractivity contribution in [1.29, 1.82) is 0 Å². The Morgan fingerprint density at radius 3 is 1.46 bits per heavy atom. The van der Waals surface area contributed by atoms with Crippen LogP contribution in [0.5, 0.6) is 5.75 Å². The number of hydrogen-bond acceptors (Lipinski definition) is 4. The minimum absolute atomic E-state index is 0.580. The Labute approximate surface area is 280 Å². The number of ether oxygens (including phenoxy) is 1. The third-order valence-electron chi connectivity index (χ3n) is 8.68. The van der Waals surface area contributed by atoms with Crippen molar-refractivity contribution in [3.8, 4) is 73.3 Å². The van der Waals surface area contributed by atoms with E-state index in [9.17, 15) is 0 Å². The molecule has 4 heteroatoms. The highest BCUT2D eigenvalue weighted by Crippen LogP contribution is 2.41. The van der Waals surface area contributed by atoms with Crippen LogP contribution in [0.15, 0.2) is 170 Å². The minimum atomic E-state index is 0.580. The molecule has 0 fully saturated rings. The van der Waals surface area contributed by atoms with Gasteiger partial charge in [-0.1, -0.05) is 158 Å². The molecular formula is C44H31N3O. The highest BCUT2D eigenvalue weighted by molar-refractivity contribution is 6.04. The van der Waals surface area contributed by atoms with E-state index in [4.69, 9.17) is 19.7 Å². The van der Waals surface area contributed by atoms with E-state index in [1.54, 1.807) is 7.11 Å². The second-order valence-electron chi connectivity index (χ2n) is 11.6. The third-order valence-corrected chi connectivity index (χ3v) is 8.68. The van der Waals surface area contributed by atoms with Crippen LogP contribution in [0.1, 0.15) is 0 Å². The summed E-state index contributed by atoms with van der Waals surface area (Å²) in [5, 5.41) is 2.22. The molecule has 0 saturated carbocycles. The molecule has 1 aromatic heterocycles. The van der Waals surface area contributed by atoms with Gasteiger partial charge in [-0.05, 0) is 50.7 Å². The lowest BCUT2D eigenvalue weighted by Crippen LogP contribution is -2.02. The topological polar surface area (TPSA) is 47.9 Å². The van der Waals surface area contributed by atoms with Crippen molar-refractivity contribution in [2.45, 2.75) is 0 Å². The fraction of sp³-hybridized carbons (Fsp3) is 0.0227. The minimum Gasteiger partial charge on any atom is -0.496 e. The van der Waals surface area contributed by atoms with E-state index in [0.29, 0.717) is 17.5 Å². The maximum atomic E-state index is 5.95. The first-order valence-corrected chi connectivity index (χ1v) is 16.0. The second-order valence-corrected chi connectivity index (χ2v) is 11.6. The van der Waals surface area contributed by atoms with Gasteiger partial charge in [0.1, 0.15) is 5.75 Å². The van der Waals surface area contributed by atoms with Gasteiger partial charge in [-0.3, -0.25) is 0 Å². The molecule has 0 aliphatic carbocycles. The van der Waals surface area contributed by atoms with Crippen LogP contribution in [-0.4, -0.2) is 22.1 Å². The predicted molar refractivity (Wildman–Crippen MR) is 197 cm³/mol. The maximum absolute atomic E-state index is 5.95. The van der Waals surface area contributed by atoms with Crippen LogP contribution < -0.4 is 4.74 Å². The van der Waals surface area contributed by atoms with Crippen LogP contribution in [0.2, 0.25) is 0 Å². The smallest absolute Gasteiger partial charge is 0.164 e. The van der Waals surface area contributed by atoms with Crippen molar-refractivity contribution < 1.29 is 4.74 Å². The predicted octanol–water partition coefficient (Wildman–Crippen LogP) is 11.0. The summed E-state index contributed by atoms with van der Waals surface area (Å²) in [5.74, 6) is 2.56. The molecule has 0 aliphatic rings. The molecule has 0 unspecified atom stereocenters. The Kier molecular flexibility index (Phi) is 7.73. The van der Waals surface area contributed by atoms with Gasteiger partial charge in [-0.25, -0.2) is 15.0 Å². The first-order valence-electron chi connectivity index (χ1n) is 16.0. The van der Waals surface area contributed by atoms with Gasteiger partial charge >= 0.3 is 0 Å². The molecule has 0 N–H and O–H groups in total. The van der Waals surface area contributed by atoms with E-state index in [0.717, 1.165) is 49.9 Å². The summed E-state index contributed by atoms with van der Waals surface area (Å²) in [6, 6.07) is 58.3. The summed E-state index contributed by atoms with van der Waals surface area (Å²) in [4.78, 5) is 15.4. The van der Waals surface area contributed by atoms with Gasteiger partial charge < -0.3 is 4.74 Å². The van der Waals surface area contributed by atoms with E-state index >= 15 is 0 Å². The zero-order valence-corrected chi connectivity index (χ0v) is 26.4. The number of fused-ring (bicyclic) bond motifs is 1. The third kappa shape index (κ3) is 5.50. The van der Waals surface area contributed by atoms with Gasteiger partial charge in [-0.2, -0.15) is 0 Å². The summed E-state index contributed by atoms with van der Waals surface area (Å²) in [5.41, 5.74) is 9.34. The van der Waals surface area contributed by atoms with Gasteiger partial charge in [-0.15, -0.1) is 0 Å². The van der Waals surface area contributed by atoms with E-state index in [1.165, 1.54) is 16.7 Å². The van der Waals surface area contributed by atoms with E-state index < -0.39 is 0 Å². The number of hydrogen-bond donors (Lipinski definition) is 0. The Morgan fingerprint density at radius 2 is 0.812 bits per heavy atom. The molecule has 0 atom stereocenters. The zero-order chi connectivity index (χ0) is 32.3. The molecule has 1 heterocycles. The number of nitrogens with zero attached hydrogens (tertiary/aromatic N) is 3. The molecule has 0 aliphatic heterocycles. The molecule has 0 radical (unpaired) electrons. The highest BCUT2D eigenvalue weighted by atomic mass is 16.5. The molecule has 7 aromatic carbocycles. The van der Waals surface area contributed by atoms with E-state index in [1.807, 2.05) is 54.6 Å². The largest absolute Gasteiger partial charge is 0.496 e. The van der Waals surface area contributed by atoms with Crippen molar-refractivity contribution >= 4 is 10.8 Å². The van der Waals surface area contributed by atoms with Crippen LogP contribution in [0.4, 0.5) is 0 Å². The number of benzene rings is 7. The monoisotopic (exact) mass is 617 g/mol. The number of rotatable bonds is 7. The molecule has 48 heavy (non-hydrogen) atoms. The molecule has 0 bridgehead atoms. The SMILES string of the molecule is COc1cccc(-c2nc(-c3ccccc3)nc(-c3ccc(-c4ccccc4)c4ccccc34)n2)c1-c1ccc(-c2ccccc2)cc1. The normalized spacial score (nSPS) is 11.0. The van der Waals surface area contributed by atoms with Crippen molar-refractivity contribution in [1.82, 2.24) is 15.0 Å². The van der Waals surface area contributed by atoms with Crippen LogP contribution in [-0.2, 0) is 0 Å². The molecule has 8 aromatic rings. The average molecular weight is 618 g/mol. The van der Waals surface area contributed by atoms with Crippen molar-refractivity contribution in [3.63, 3.8) is 0 Å². The lowest BCUT2D eigenvalue weighted by Gasteiger charge is -2.16. The Morgan fingerprint density at radius 1 is 0.333 bits per heavy atom. The quantitative estimate of drug-likeness (QED) is 0.179. The fourth-order valence-corrected chi connectivity index (χ4v) is 6.34. The van der Waals surface area contributed by atoms with Gasteiger partial charge in [0.25, 0.3) is 0 Å². The van der Waals surface area contributed by atoms with Crippen molar-refractivity contribution in [3.05, 3.63) is 170 Å². The average Bonchev–Trinajstić information content (AvgIpc) is 3.18. The summed E-state index contributed by atoms with van der Waals surface area (Å²) in [6.45, 7) is 0. The first-order chi connectivity index (χ1) is 23.8. The molecule has 4 nitrogen and oxygen atoms in total. The number of aromatic nitrogens is 3. The van der Waals surface area contributed by atoms with Gasteiger partial charge in [0.05, 0.1) is 7.11 Å². The van der Waals surface area contributed by atoms with Crippen molar-refractivity contribution in [2.24, 2.45) is 0 Å². The Balaban J connectivity index is 1.33. The molecule has 0 amide bonds. The standard InChI is InChI=1S/C44H31N3O/c1-48-40-23-13-22-39(41(40)33-26-24-31(25-27-33)30-14-5-2-6-15-30)44-46-42(34-18-9-4-10-19-34)45-43(47-44)38-29-28-35(32-16-7-3-8-17-32)36-20-11-12-21-37(36)38/h2-29H,1H3. The van der Waals surface area contributed by atoms with E-state index in [-0.39, 0.29) is 0 Å². The molecule has 8 rings (SSSR count). The fourth-order valence-electron chi connectivity index (χ4n) is 6.34. The highest BCUT2D eigenvalue weighted by Gasteiger charge is 2.20. The summed E-state index contributed by atoms with van der Waals surface area (Å²) >= 11 is 0. The van der Waals surface area contributed by atoms with Crippen LogP contribution in [0, 0.1) is 0 Å². The van der Waals surface area contributed by atoms with Gasteiger partial charge in [0.2, 0.25) is 0 Å². The molecular weight excluding hydrogens is 587 g/mol. The first kappa shape index (κ1) is 29.0. The summed E-state index contributed by atoms with van der Waals surface area (Å²) < 4.78 is 5.95. The van der Waals surface area contributed by atoms with Gasteiger partial charge in [0.15, 0.2) is 17.5 Å². The molecule has 0 spiro atoms. The van der Waals surface area contributed by atoms with Crippen molar-refractivity contribution in [2.75, 3.05) is 7.11 Å². The van der Waals surface area contributed by atoms with Crippen LogP contribution >= 0.6 is 0 Å². The van der Waals surface area contributed by atoms with E-state index in [2.05, 4.69) is 115 Å². The Hall–Kier alpha value is -6.39. The second kappa shape index (κ2) is 12.8. The molecule has 0 saturated heterocycles. The number of methoxy groups -OCH3 is 1. The lowest BCUT2D eigenvalue weighted by atomic mass is 9.94. The van der Waals surface area contributed by atoms with Gasteiger partial charge in [0, 0.05) is 22.3 Å². The van der Waals surface area contributed by atoms with Crippen LogP contribution in [0.3, 0.4) is 0 Å². The summed E-state index contributed by atoms with van der Waals surface area (Å²) in [6.07, 6.45) is 0. The lowest BCUT2D eigenvalue weighted by molar-refractivity contribution is 0.416. The molecule has 228 valence electrons.